The van der Waals surface area contributed by atoms with E-state index >= 15 is 0 Å². The Morgan fingerprint density at radius 3 is 2.40 bits per heavy atom. The van der Waals surface area contributed by atoms with Crippen molar-refractivity contribution in [3.05, 3.63) is 29.3 Å². The maximum absolute atomic E-state index is 12.0. The number of benzene rings is 1. The zero-order valence-corrected chi connectivity index (χ0v) is 12.6. The van der Waals surface area contributed by atoms with Gasteiger partial charge in [-0.15, -0.1) is 0 Å². The first kappa shape index (κ1) is 15.1. The Kier molecular flexibility index (Phi) is 5.26. The van der Waals surface area contributed by atoms with E-state index in [1.54, 1.807) is 0 Å². The Labute approximate surface area is 125 Å². The maximum atomic E-state index is 12.0. The second kappa shape index (κ2) is 6.95. The van der Waals surface area contributed by atoms with E-state index in [1.807, 2.05) is 36.1 Å². The minimum Gasteiger partial charge on any atom is -0.368 e. The summed E-state index contributed by atoms with van der Waals surface area (Å²) in [6.45, 7) is 5.23. The van der Waals surface area contributed by atoms with Gasteiger partial charge in [-0.1, -0.05) is 11.6 Å². The highest BCUT2D eigenvalue weighted by Crippen LogP contribution is 2.19. The van der Waals surface area contributed by atoms with E-state index in [-0.39, 0.29) is 11.9 Å². The lowest BCUT2D eigenvalue weighted by Gasteiger charge is -2.36. The molecular formula is C15H22ClN3O. The molecule has 1 unspecified atom stereocenters. The molecule has 1 amide bonds. The zero-order valence-electron chi connectivity index (χ0n) is 11.9. The smallest absolute Gasteiger partial charge is 0.222 e. The largest absolute Gasteiger partial charge is 0.368 e. The van der Waals surface area contributed by atoms with E-state index in [0.29, 0.717) is 6.42 Å². The molecule has 0 radical (unpaired) electrons. The highest BCUT2D eigenvalue weighted by molar-refractivity contribution is 6.30. The molecule has 1 aromatic carbocycles. The first-order valence-electron chi connectivity index (χ1n) is 7.10. The summed E-state index contributed by atoms with van der Waals surface area (Å²) in [5, 5.41) is 0.749. The van der Waals surface area contributed by atoms with Crippen LogP contribution in [0.15, 0.2) is 24.3 Å². The van der Waals surface area contributed by atoms with Crippen LogP contribution in [0.3, 0.4) is 0 Å². The van der Waals surface area contributed by atoms with Crippen molar-refractivity contribution >= 4 is 23.2 Å². The fourth-order valence-electron chi connectivity index (χ4n) is 2.38. The van der Waals surface area contributed by atoms with Crippen LogP contribution in [-0.4, -0.2) is 43.0 Å². The Morgan fingerprint density at radius 2 is 1.85 bits per heavy atom. The summed E-state index contributed by atoms with van der Waals surface area (Å²) in [7, 11) is 0. The van der Waals surface area contributed by atoms with Gasteiger partial charge < -0.3 is 15.5 Å². The van der Waals surface area contributed by atoms with Crippen LogP contribution in [0.5, 0.6) is 0 Å². The zero-order chi connectivity index (χ0) is 14.5. The van der Waals surface area contributed by atoms with Crippen LogP contribution in [0.4, 0.5) is 5.69 Å². The Morgan fingerprint density at radius 1 is 1.25 bits per heavy atom. The topological polar surface area (TPSA) is 49.6 Å². The van der Waals surface area contributed by atoms with E-state index in [1.165, 1.54) is 0 Å². The van der Waals surface area contributed by atoms with Crippen LogP contribution < -0.4 is 10.6 Å². The number of piperazine rings is 1. The molecule has 0 spiro atoms. The van der Waals surface area contributed by atoms with Crippen LogP contribution >= 0.6 is 11.6 Å². The van der Waals surface area contributed by atoms with Crippen LogP contribution in [0.25, 0.3) is 0 Å². The van der Waals surface area contributed by atoms with Crippen molar-refractivity contribution in [2.24, 2.45) is 5.73 Å². The molecule has 5 heteroatoms. The molecule has 110 valence electrons. The van der Waals surface area contributed by atoms with Crippen molar-refractivity contribution < 1.29 is 4.79 Å². The summed E-state index contributed by atoms with van der Waals surface area (Å²) >= 11 is 5.89. The van der Waals surface area contributed by atoms with Gasteiger partial charge in [-0.25, -0.2) is 0 Å². The minimum atomic E-state index is 0.0920. The number of nitrogens with zero attached hydrogens (tertiary/aromatic N) is 2. The monoisotopic (exact) mass is 295 g/mol. The number of hydrogen-bond donors (Lipinski definition) is 1. The first-order valence-corrected chi connectivity index (χ1v) is 7.48. The van der Waals surface area contributed by atoms with Gasteiger partial charge in [-0.2, -0.15) is 0 Å². The van der Waals surface area contributed by atoms with Gasteiger partial charge >= 0.3 is 0 Å². The molecule has 1 heterocycles. The fraction of sp³-hybridized carbons (Fsp3) is 0.533. The molecule has 4 nitrogen and oxygen atoms in total. The third kappa shape index (κ3) is 4.12. The number of carbonyl (C=O) groups is 1. The molecular weight excluding hydrogens is 274 g/mol. The van der Waals surface area contributed by atoms with Crippen molar-refractivity contribution in [1.29, 1.82) is 0 Å². The molecule has 1 fully saturated rings. The van der Waals surface area contributed by atoms with Crippen molar-refractivity contribution in [2.45, 2.75) is 25.8 Å². The first-order chi connectivity index (χ1) is 9.56. The van der Waals surface area contributed by atoms with Gasteiger partial charge in [0.2, 0.25) is 5.91 Å². The Bertz CT molecular complexity index is 439. The average Bonchev–Trinajstić information content (AvgIpc) is 2.46. The number of amides is 1. The molecule has 1 atom stereocenters. The molecule has 1 aromatic rings. The number of hydrogen-bond acceptors (Lipinski definition) is 3. The van der Waals surface area contributed by atoms with E-state index < -0.39 is 0 Å². The Balaban J connectivity index is 1.83. The summed E-state index contributed by atoms with van der Waals surface area (Å²) in [5.74, 6) is 0.220. The normalized spacial score (nSPS) is 17.1. The molecule has 1 aliphatic rings. The van der Waals surface area contributed by atoms with E-state index in [2.05, 4.69) is 4.90 Å². The number of anilines is 1. The summed E-state index contributed by atoms with van der Waals surface area (Å²) < 4.78 is 0. The lowest BCUT2D eigenvalue weighted by molar-refractivity contribution is -0.131. The third-order valence-corrected chi connectivity index (χ3v) is 3.89. The predicted octanol–water partition coefficient (Wildman–Crippen LogP) is 2.12. The molecule has 0 saturated carbocycles. The summed E-state index contributed by atoms with van der Waals surface area (Å²) in [6.07, 6.45) is 1.31. The van der Waals surface area contributed by atoms with Crippen molar-refractivity contribution in [3.8, 4) is 0 Å². The molecule has 0 bridgehead atoms. The molecule has 2 N–H and O–H groups in total. The van der Waals surface area contributed by atoms with Gasteiger partial charge in [0.05, 0.1) is 0 Å². The highest BCUT2D eigenvalue weighted by atomic mass is 35.5. The number of nitrogens with two attached hydrogens (primary N) is 1. The minimum absolute atomic E-state index is 0.0920. The molecule has 2 rings (SSSR count). The van der Waals surface area contributed by atoms with Crippen molar-refractivity contribution in [2.75, 3.05) is 31.1 Å². The molecule has 1 saturated heterocycles. The van der Waals surface area contributed by atoms with Crippen LogP contribution in [0.2, 0.25) is 5.02 Å². The Hall–Kier alpha value is -1.26. The average molecular weight is 296 g/mol. The second-order valence-electron chi connectivity index (χ2n) is 5.36. The number of carbonyl (C=O) groups excluding carboxylic acids is 1. The number of rotatable bonds is 4. The quantitative estimate of drug-likeness (QED) is 0.925. The van der Waals surface area contributed by atoms with Crippen LogP contribution in [0.1, 0.15) is 19.8 Å². The lowest BCUT2D eigenvalue weighted by atomic mass is 10.1. The van der Waals surface area contributed by atoms with Gasteiger partial charge in [0, 0.05) is 49.4 Å². The van der Waals surface area contributed by atoms with Gasteiger partial charge in [-0.05, 0) is 37.6 Å². The summed E-state index contributed by atoms with van der Waals surface area (Å²) in [5.41, 5.74) is 6.85. The highest BCUT2D eigenvalue weighted by Gasteiger charge is 2.21. The predicted molar refractivity (Wildman–Crippen MR) is 83.1 cm³/mol. The van der Waals surface area contributed by atoms with E-state index in [4.69, 9.17) is 17.3 Å². The lowest BCUT2D eigenvalue weighted by Crippen LogP contribution is -2.48. The van der Waals surface area contributed by atoms with Gasteiger partial charge in [-0.3, -0.25) is 4.79 Å². The van der Waals surface area contributed by atoms with E-state index in [0.717, 1.165) is 43.3 Å². The van der Waals surface area contributed by atoms with Crippen molar-refractivity contribution in [1.82, 2.24) is 4.90 Å². The van der Waals surface area contributed by atoms with Gasteiger partial charge in [0.15, 0.2) is 0 Å². The second-order valence-corrected chi connectivity index (χ2v) is 5.80. The number of halogens is 1. The van der Waals surface area contributed by atoms with Crippen LogP contribution in [0, 0.1) is 0 Å². The van der Waals surface area contributed by atoms with E-state index in [9.17, 15) is 4.79 Å². The SMILES string of the molecule is CC(N)CCC(=O)N1CCN(c2ccc(Cl)cc2)CC1. The van der Waals surface area contributed by atoms with Crippen LogP contribution in [-0.2, 0) is 4.79 Å². The third-order valence-electron chi connectivity index (χ3n) is 3.64. The fourth-order valence-corrected chi connectivity index (χ4v) is 2.50. The maximum Gasteiger partial charge on any atom is 0.222 e. The molecule has 0 aliphatic carbocycles. The standard InChI is InChI=1S/C15H22ClN3O/c1-12(17)2-7-15(20)19-10-8-18(9-11-19)14-5-3-13(16)4-6-14/h3-6,12H,2,7-11,17H2,1H3. The summed E-state index contributed by atoms with van der Waals surface area (Å²) in [6, 6.07) is 7.94. The van der Waals surface area contributed by atoms with Gasteiger partial charge in [0.25, 0.3) is 0 Å². The molecule has 0 aromatic heterocycles. The molecule has 20 heavy (non-hydrogen) atoms. The molecule has 1 aliphatic heterocycles. The van der Waals surface area contributed by atoms with Crippen molar-refractivity contribution in [3.63, 3.8) is 0 Å². The van der Waals surface area contributed by atoms with Gasteiger partial charge in [0.1, 0.15) is 0 Å². The summed E-state index contributed by atoms with van der Waals surface area (Å²) in [4.78, 5) is 16.2.